The van der Waals surface area contributed by atoms with Crippen LogP contribution < -0.4 is 5.32 Å². The monoisotopic (exact) mass is 272 g/mol. The fraction of sp³-hybridized carbons (Fsp3) is 0.571. The van der Waals surface area contributed by atoms with E-state index in [4.69, 9.17) is 4.74 Å². The van der Waals surface area contributed by atoms with Gasteiger partial charge in [0.15, 0.2) is 0 Å². The van der Waals surface area contributed by atoms with Crippen molar-refractivity contribution in [2.75, 3.05) is 40.4 Å². The van der Waals surface area contributed by atoms with Crippen LogP contribution in [0, 0.1) is 11.6 Å². The average molecular weight is 272 g/mol. The average Bonchev–Trinajstić information content (AvgIpc) is 2.39. The summed E-state index contributed by atoms with van der Waals surface area (Å²) in [5.41, 5.74) is 0.361. The Morgan fingerprint density at radius 3 is 2.74 bits per heavy atom. The lowest BCUT2D eigenvalue weighted by atomic mass is 10.1. The normalized spacial score (nSPS) is 12.9. The third kappa shape index (κ3) is 5.63. The van der Waals surface area contributed by atoms with E-state index in [0.717, 1.165) is 25.2 Å². The van der Waals surface area contributed by atoms with Crippen molar-refractivity contribution in [1.82, 2.24) is 10.2 Å². The van der Waals surface area contributed by atoms with Gasteiger partial charge in [-0.25, -0.2) is 8.78 Å². The van der Waals surface area contributed by atoms with Gasteiger partial charge < -0.3 is 15.0 Å². The molecule has 0 aliphatic rings. The van der Waals surface area contributed by atoms with Crippen molar-refractivity contribution in [3.05, 3.63) is 35.4 Å². The van der Waals surface area contributed by atoms with E-state index in [1.165, 1.54) is 6.07 Å². The fourth-order valence-corrected chi connectivity index (χ4v) is 1.79. The van der Waals surface area contributed by atoms with Crippen LogP contribution in [0.4, 0.5) is 8.78 Å². The van der Waals surface area contributed by atoms with Crippen LogP contribution in [0.3, 0.4) is 0 Å². The minimum atomic E-state index is -0.415. The van der Waals surface area contributed by atoms with Crippen LogP contribution in [-0.2, 0) is 4.74 Å². The Balaban J connectivity index is 2.38. The van der Waals surface area contributed by atoms with Crippen LogP contribution in [-0.4, -0.2) is 45.3 Å². The van der Waals surface area contributed by atoms with Crippen molar-refractivity contribution in [2.45, 2.75) is 13.0 Å². The van der Waals surface area contributed by atoms with E-state index in [9.17, 15) is 8.78 Å². The van der Waals surface area contributed by atoms with Gasteiger partial charge in [-0.3, -0.25) is 0 Å². The Hall–Kier alpha value is -1.04. The van der Waals surface area contributed by atoms with E-state index >= 15 is 0 Å². The summed E-state index contributed by atoms with van der Waals surface area (Å²) in [6, 6.07) is 3.31. The van der Waals surface area contributed by atoms with Crippen molar-refractivity contribution in [3.8, 4) is 0 Å². The van der Waals surface area contributed by atoms with E-state index in [-0.39, 0.29) is 11.9 Å². The Morgan fingerprint density at radius 1 is 1.32 bits per heavy atom. The second kappa shape index (κ2) is 8.19. The van der Waals surface area contributed by atoms with Crippen LogP contribution >= 0.6 is 0 Å². The molecule has 0 saturated heterocycles. The Morgan fingerprint density at radius 2 is 2.05 bits per heavy atom. The number of likely N-dealkylation sites (N-methyl/N-ethyl adjacent to an activating group) is 1. The first-order valence-corrected chi connectivity index (χ1v) is 6.40. The number of nitrogens with one attached hydrogen (secondary N) is 1. The summed E-state index contributed by atoms with van der Waals surface area (Å²) < 4.78 is 31.6. The van der Waals surface area contributed by atoms with Crippen molar-refractivity contribution < 1.29 is 13.5 Å². The molecular formula is C14H22F2N2O. The second-order valence-corrected chi connectivity index (χ2v) is 4.64. The van der Waals surface area contributed by atoms with Gasteiger partial charge in [-0.1, -0.05) is 0 Å². The Labute approximate surface area is 113 Å². The summed E-state index contributed by atoms with van der Waals surface area (Å²) in [6.45, 7) is 4.89. The van der Waals surface area contributed by atoms with Crippen molar-refractivity contribution in [1.29, 1.82) is 0 Å². The van der Waals surface area contributed by atoms with Crippen molar-refractivity contribution in [3.63, 3.8) is 0 Å². The molecule has 1 aromatic rings. The van der Waals surface area contributed by atoms with Gasteiger partial charge in [0.2, 0.25) is 0 Å². The van der Waals surface area contributed by atoms with Gasteiger partial charge in [-0.05, 0) is 32.2 Å². The molecule has 0 aromatic heterocycles. The summed E-state index contributed by atoms with van der Waals surface area (Å²) in [5, 5.41) is 3.19. The zero-order chi connectivity index (χ0) is 14.3. The zero-order valence-electron chi connectivity index (χ0n) is 11.7. The number of hydrogen-bond donors (Lipinski definition) is 1. The molecule has 0 spiro atoms. The molecule has 108 valence electrons. The Kier molecular flexibility index (Phi) is 6.91. The number of halogens is 2. The predicted molar refractivity (Wildman–Crippen MR) is 72.1 cm³/mol. The number of nitrogens with zero attached hydrogens (tertiary/aromatic N) is 1. The minimum Gasteiger partial charge on any atom is -0.383 e. The third-order valence-corrected chi connectivity index (χ3v) is 3.05. The van der Waals surface area contributed by atoms with Crippen LogP contribution in [0.2, 0.25) is 0 Å². The maximum atomic E-state index is 13.5. The molecule has 0 fully saturated rings. The highest BCUT2D eigenvalue weighted by Gasteiger charge is 2.11. The lowest BCUT2D eigenvalue weighted by Gasteiger charge is -2.19. The van der Waals surface area contributed by atoms with Crippen molar-refractivity contribution >= 4 is 0 Å². The van der Waals surface area contributed by atoms with E-state index in [2.05, 4.69) is 10.2 Å². The highest BCUT2D eigenvalue weighted by atomic mass is 19.1. The molecular weight excluding hydrogens is 250 g/mol. The van der Waals surface area contributed by atoms with Gasteiger partial charge in [0, 0.05) is 38.3 Å². The van der Waals surface area contributed by atoms with E-state index < -0.39 is 5.82 Å². The van der Waals surface area contributed by atoms with Crippen LogP contribution in [0.1, 0.15) is 18.5 Å². The summed E-state index contributed by atoms with van der Waals surface area (Å²) in [4.78, 5) is 2.12. The molecule has 1 aromatic carbocycles. The molecule has 5 heteroatoms. The largest absolute Gasteiger partial charge is 0.383 e. The highest BCUT2D eigenvalue weighted by Crippen LogP contribution is 2.17. The summed E-state index contributed by atoms with van der Waals surface area (Å²) in [6.07, 6.45) is 0. The lowest BCUT2D eigenvalue weighted by Crippen LogP contribution is -2.32. The van der Waals surface area contributed by atoms with Gasteiger partial charge in [0.25, 0.3) is 0 Å². The number of hydrogen-bond acceptors (Lipinski definition) is 3. The highest BCUT2D eigenvalue weighted by molar-refractivity contribution is 5.21. The maximum Gasteiger partial charge on any atom is 0.128 e. The number of methoxy groups -OCH3 is 1. The van der Waals surface area contributed by atoms with Gasteiger partial charge in [0.05, 0.1) is 6.61 Å². The third-order valence-electron chi connectivity index (χ3n) is 3.05. The van der Waals surface area contributed by atoms with E-state index in [1.54, 1.807) is 7.11 Å². The van der Waals surface area contributed by atoms with E-state index in [1.807, 2.05) is 14.0 Å². The summed E-state index contributed by atoms with van der Waals surface area (Å²) >= 11 is 0. The molecule has 0 radical (unpaired) electrons. The molecule has 1 atom stereocenters. The first-order valence-electron chi connectivity index (χ1n) is 6.40. The second-order valence-electron chi connectivity index (χ2n) is 4.64. The summed E-state index contributed by atoms with van der Waals surface area (Å²) in [7, 11) is 3.66. The Bertz CT molecular complexity index is 388. The molecule has 3 nitrogen and oxygen atoms in total. The molecule has 0 aliphatic carbocycles. The van der Waals surface area contributed by atoms with Crippen LogP contribution in [0.5, 0.6) is 0 Å². The SMILES string of the molecule is COCCN(C)CCNC(C)c1cc(F)ccc1F. The minimum absolute atomic E-state index is 0.216. The summed E-state index contributed by atoms with van der Waals surface area (Å²) in [5.74, 6) is -0.795. The molecule has 0 saturated carbocycles. The van der Waals surface area contributed by atoms with Gasteiger partial charge in [0.1, 0.15) is 11.6 Å². The van der Waals surface area contributed by atoms with Gasteiger partial charge in [-0.15, -0.1) is 0 Å². The fourth-order valence-electron chi connectivity index (χ4n) is 1.79. The topological polar surface area (TPSA) is 24.5 Å². The zero-order valence-corrected chi connectivity index (χ0v) is 11.7. The van der Waals surface area contributed by atoms with Crippen molar-refractivity contribution in [2.24, 2.45) is 0 Å². The molecule has 19 heavy (non-hydrogen) atoms. The van der Waals surface area contributed by atoms with Gasteiger partial charge in [-0.2, -0.15) is 0 Å². The van der Waals surface area contributed by atoms with Crippen LogP contribution in [0.25, 0.3) is 0 Å². The standard InChI is InChI=1S/C14H22F2N2O/c1-11(13-10-12(15)4-5-14(13)16)17-6-7-18(2)8-9-19-3/h4-5,10-11,17H,6-9H2,1-3H3. The molecule has 1 rings (SSSR count). The molecule has 0 bridgehead atoms. The van der Waals surface area contributed by atoms with Gasteiger partial charge >= 0.3 is 0 Å². The first-order chi connectivity index (χ1) is 9.04. The molecule has 1 unspecified atom stereocenters. The molecule has 0 aliphatic heterocycles. The maximum absolute atomic E-state index is 13.5. The van der Waals surface area contributed by atoms with Crippen LogP contribution in [0.15, 0.2) is 18.2 Å². The molecule has 1 N–H and O–H groups in total. The number of rotatable bonds is 8. The molecule has 0 amide bonds. The van der Waals surface area contributed by atoms with E-state index in [0.29, 0.717) is 18.7 Å². The predicted octanol–water partition coefficient (Wildman–Crippen LogP) is 2.19. The quantitative estimate of drug-likeness (QED) is 0.785. The first kappa shape index (κ1) is 16.0. The lowest BCUT2D eigenvalue weighted by molar-refractivity contribution is 0.161. The number of ether oxygens (including phenoxy) is 1. The smallest absolute Gasteiger partial charge is 0.128 e. The number of benzene rings is 1. The molecule has 0 heterocycles.